The molecule has 1 fully saturated rings. The van der Waals surface area contributed by atoms with E-state index in [-0.39, 0.29) is 11.9 Å². The van der Waals surface area contributed by atoms with E-state index in [4.69, 9.17) is 5.73 Å². The lowest BCUT2D eigenvalue weighted by Crippen LogP contribution is -2.48. The highest BCUT2D eigenvalue weighted by atomic mass is 16.2. The van der Waals surface area contributed by atoms with E-state index in [1.807, 2.05) is 54.3 Å². The van der Waals surface area contributed by atoms with Crippen molar-refractivity contribution in [2.75, 3.05) is 37.2 Å². The van der Waals surface area contributed by atoms with Crippen LogP contribution in [0.1, 0.15) is 29.4 Å². The number of aromatic nitrogens is 3. The maximum Gasteiger partial charge on any atom is 0.232 e. The molecule has 0 atom stereocenters. The largest absolute Gasteiger partial charge is 0.368 e. The molecule has 0 radical (unpaired) electrons. The summed E-state index contributed by atoms with van der Waals surface area (Å²) in [5, 5.41) is 3.28. The smallest absolute Gasteiger partial charge is 0.232 e. The summed E-state index contributed by atoms with van der Waals surface area (Å²) in [6.07, 6.45) is 1.36. The number of nitrogen functional groups attached to an aromatic ring is 1. The number of hydrogen-bond acceptors (Lipinski definition) is 7. The molecule has 4 rings (SSSR count). The molecule has 0 saturated carbocycles. The van der Waals surface area contributed by atoms with Gasteiger partial charge in [-0.25, -0.2) is 0 Å². The molecule has 0 bridgehead atoms. The Kier molecular flexibility index (Phi) is 7.14. The normalized spacial score (nSPS) is 14.3. The van der Waals surface area contributed by atoms with Crippen LogP contribution in [0.5, 0.6) is 0 Å². The molecule has 33 heavy (non-hydrogen) atoms. The number of para-hydroxylation sites is 1. The predicted octanol–water partition coefficient (Wildman–Crippen LogP) is 2.96. The molecule has 0 unspecified atom stereocenters. The van der Waals surface area contributed by atoms with Crippen molar-refractivity contribution in [1.29, 1.82) is 0 Å². The van der Waals surface area contributed by atoms with E-state index >= 15 is 0 Å². The average molecular weight is 446 g/mol. The van der Waals surface area contributed by atoms with Crippen LogP contribution in [-0.4, -0.2) is 56.8 Å². The molecule has 2 heterocycles. The second-order valence-corrected chi connectivity index (χ2v) is 8.33. The number of piperazine rings is 1. The van der Waals surface area contributed by atoms with Crippen LogP contribution in [0.25, 0.3) is 0 Å². The highest BCUT2D eigenvalue weighted by Gasteiger charge is 2.22. The predicted molar refractivity (Wildman–Crippen MR) is 130 cm³/mol. The molecule has 2 aromatic carbocycles. The molecule has 0 spiro atoms. The van der Waals surface area contributed by atoms with E-state index < -0.39 is 0 Å². The van der Waals surface area contributed by atoms with Crippen LogP contribution in [0.3, 0.4) is 0 Å². The van der Waals surface area contributed by atoms with E-state index in [1.165, 1.54) is 5.56 Å². The zero-order valence-corrected chi connectivity index (χ0v) is 19.3. The fraction of sp³-hybridized carbons (Fsp3) is 0.360. The fourth-order valence-electron chi connectivity index (χ4n) is 4.07. The molecule has 172 valence electrons. The lowest BCUT2D eigenvalue weighted by atomic mass is 10.1. The Balaban J connectivity index is 1.34. The first kappa shape index (κ1) is 22.7. The highest BCUT2D eigenvalue weighted by molar-refractivity contribution is 5.79. The lowest BCUT2D eigenvalue weighted by molar-refractivity contribution is -0.132. The SMILES string of the molecule is CCc1ccccc1Nc1nc(N)nc(CN2CCN(C(=O)Cc3ccccc3C)CC2)n1. The maximum absolute atomic E-state index is 12.7. The molecule has 0 aliphatic carbocycles. The molecule has 1 aliphatic rings. The Morgan fingerprint density at radius 3 is 2.39 bits per heavy atom. The minimum Gasteiger partial charge on any atom is -0.368 e. The van der Waals surface area contributed by atoms with E-state index in [2.05, 4.69) is 38.2 Å². The van der Waals surface area contributed by atoms with Gasteiger partial charge in [-0.3, -0.25) is 9.69 Å². The van der Waals surface area contributed by atoms with Gasteiger partial charge in [-0.2, -0.15) is 15.0 Å². The number of carbonyl (C=O) groups excluding carboxylic acids is 1. The molecule has 1 aliphatic heterocycles. The third kappa shape index (κ3) is 5.84. The lowest BCUT2D eigenvalue weighted by Gasteiger charge is -2.34. The van der Waals surface area contributed by atoms with Crippen molar-refractivity contribution < 1.29 is 4.79 Å². The van der Waals surface area contributed by atoms with Gasteiger partial charge in [-0.05, 0) is 36.1 Å². The number of nitrogens with zero attached hydrogens (tertiary/aromatic N) is 5. The molecule has 3 aromatic rings. The standard InChI is InChI=1S/C25H31N7O/c1-3-19-9-6-7-11-21(19)27-25-29-22(28-24(26)30-25)17-31-12-14-32(15-13-31)23(33)16-20-10-5-4-8-18(20)2/h4-11H,3,12-17H2,1-2H3,(H3,26,27,28,29,30). The van der Waals surface area contributed by atoms with Gasteiger partial charge in [0.15, 0.2) is 0 Å². The van der Waals surface area contributed by atoms with Gasteiger partial charge in [-0.15, -0.1) is 0 Å². The van der Waals surface area contributed by atoms with E-state index in [1.54, 1.807) is 0 Å². The summed E-state index contributed by atoms with van der Waals surface area (Å²) in [5.74, 6) is 1.45. The number of rotatable bonds is 7. The molecule has 8 nitrogen and oxygen atoms in total. The third-order valence-electron chi connectivity index (χ3n) is 6.04. The topological polar surface area (TPSA) is 100 Å². The third-order valence-corrected chi connectivity index (χ3v) is 6.04. The quantitative estimate of drug-likeness (QED) is 0.577. The second-order valence-electron chi connectivity index (χ2n) is 8.33. The van der Waals surface area contributed by atoms with Crippen molar-refractivity contribution in [3.05, 3.63) is 71.0 Å². The van der Waals surface area contributed by atoms with Crippen molar-refractivity contribution in [3.63, 3.8) is 0 Å². The van der Waals surface area contributed by atoms with Gasteiger partial charge in [0.1, 0.15) is 5.82 Å². The maximum atomic E-state index is 12.7. The van der Waals surface area contributed by atoms with Crippen molar-refractivity contribution >= 4 is 23.5 Å². The van der Waals surface area contributed by atoms with Crippen LogP contribution in [0.2, 0.25) is 0 Å². The molecule has 1 amide bonds. The summed E-state index contributed by atoms with van der Waals surface area (Å²) >= 11 is 0. The first-order valence-corrected chi connectivity index (χ1v) is 11.4. The summed E-state index contributed by atoms with van der Waals surface area (Å²) in [4.78, 5) is 30.1. The number of amides is 1. The van der Waals surface area contributed by atoms with Crippen LogP contribution in [0, 0.1) is 6.92 Å². The van der Waals surface area contributed by atoms with Crippen molar-refractivity contribution in [1.82, 2.24) is 24.8 Å². The number of aryl methyl sites for hydroxylation is 2. The number of benzene rings is 2. The van der Waals surface area contributed by atoms with Crippen molar-refractivity contribution in [3.8, 4) is 0 Å². The van der Waals surface area contributed by atoms with Gasteiger partial charge in [0.25, 0.3) is 0 Å². The minimum absolute atomic E-state index is 0.175. The number of hydrogen-bond donors (Lipinski definition) is 2. The zero-order valence-electron chi connectivity index (χ0n) is 19.3. The summed E-state index contributed by atoms with van der Waals surface area (Å²) < 4.78 is 0. The summed E-state index contributed by atoms with van der Waals surface area (Å²) in [5.41, 5.74) is 10.4. The Labute approximate surface area is 194 Å². The Morgan fingerprint density at radius 2 is 1.67 bits per heavy atom. The monoisotopic (exact) mass is 445 g/mol. The van der Waals surface area contributed by atoms with Crippen LogP contribution in [-0.2, 0) is 24.2 Å². The van der Waals surface area contributed by atoms with Crippen LogP contribution in [0.15, 0.2) is 48.5 Å². The van der Waals surface area contributed by atoms with Gasteiger partial charge < -0.3 is 16.0 Å². The first-order valence-electron chi connectivity index (χ1n) is 11.4. The highest BCUT2D eigenvalue weighted by Crippen LogP contribution is 2.20. The number of nitrogens with one attached hydrogen (secondary N) is 1. The fourth-order valence-corrected chi connectivity index (χ4v) is 4.07. The van der Waals surface area contributed by atoms with Crippen molar-refractivity contribution in [2.45, 2.75) is 33.2 Å². The van der Waals surface area contributed by atoms with Crippen LogP contribution in [0.4, 0.5) is 17.6 Å². The Morgan fingerprint density at radius 1 is 0.970 bits per heavy atom. The molecular weight excluding hydrogens is 414 g/mol. The van der Waals surface area contributed by atoms with E-state index in [0.29, 0.717) is 37.8 Å². The molecule has 3 N–H and O–H groups in total. The van der Waals surface area contributed by atoms with Crippen molar-refractivity contribution in [2.24, 2.45) is 0 Å². The summed E-state index contributed by atoms with van der Waals surface area (Å²) in [6, 6.07) is 16.1. The van der Waals surface area contributed by atoms with Gasteiger partial charge in [0.05, 0.1) is 13.0 Å². The summed E-state index contributed by atoms with van der Waals surface area (Å²) in [7, 11) is 0. The van der Waals surface area contributed by atoms with Gasteiger partial charge in [0.2, 0.25) is 17.8 Å². The van der Waals surface area contributed by atoms with E-state index in [0.717, 1.165) is 36.3 Å². The summed E-state index contributed by atoms with van der Waals surface area (Å²) in [6.45, 7) is 7.65. The Hall–Kier alpha value is -3.52. The molecular formula is C25H31N7O. The van der Waals surface area contributed by atoms with Gasteiger partial charge in [-0.1, -0.05) is 49.4 Å². The van der Waals surface area contributed by atoms with Gasteiger partial charge >= 0.3 is 0 Å². The number of carbonyl (C=O) groups is 1. The minimum atomic E-state index is 0.175. The average Bonchev–Trinajstić information content (AvgIpc) is 2.81. The molecule has 8 heteroatoms. The van der Waals surface area contributed by atoms with Gasteiger partial charge in [0, 0.05) is 31.9 Å². The van der Waals surface area contributed by atoms with Crippen LogP contribution < -0.4 is 11.1 Å². The number of anilines is 3. The Bertz CT molecular complexity index is 1110. The second kappa shape index (κ2) is 10.4. The molecule has 1 aromatic heterocycles. The number of nitrogens with two attached hydrogens (primary N) is 1. The zero-order chi connectivity index (χ0) is 23.2. The first-order chi connectivity index (χ1) is 16.0. The van der Waals surface area contributed by atoms with Crippen LogP contribution >= 0.6 is 0 Å². The molecule has 1 saturated heterocycles. The van der Waals surface area contributed by atoms with E-state index in [9.17, 15) is 4.79 Å².